The molecule has 3 saturated carbocycles. The van der Waals surface area contributed by atoms with Gasteiger partial charge in [-0.3, -0.25) is 4.79 Å². The number of carbonyl (C=O) groups excluding carboxylic acids is 1. The molecular formula is C19H25F3O. The summed E-state index contributed by atoms with van der Waals surface area (Å²) in [5, 5.41) is 0. The van der Waals surface area contributed by atoms with Crippen molar-refractivity contribution in [3.63, 3.8) is 0 Å². The Hall–Kier alpha value is -0.800. The van der Waals surface area contributed by atoms with E-state index in [1.54, 1.807) is 6.08 Å². The second-order valence-electron chi connectivity index (χ2n) is 8.59. The first-order valence-electron chi connectivity index (χ1n) is 9.10. The molecule has 0 aromatic rings. The standard InChI is InChI=1S/C19H25F3O/c1-18-9-8-14-13-5-3-12(19(20,21)22)10-11(13)2-4-15(14)16(18)6-7-17(18)23/h6-7,11-16H,2-5,8-10H2,1H3/t11?,12?,13-,14?,15+,16?,18?/m0/s1. The van der Waals surface area contributed by atoms with Crippen molar-refractivity contribution in [3.05, 3.63) is 12.2 Å². The Kier molecular flexibility index (Phi) is 3.48. The molecule has 0 heterocycles. The highest BCUT2D eigenvalue weighted by Gasteiger charge is 2.56. The van der Waals surface area contributed by atoms with E-state index in [9.17, 15) is 18.0 Å². The molecule has 0 aromatic carbocycles. The Labute approximate surface area is 135 Å². The highest BCUT2D eigenvalue weighted by atomic mass is 19.4. The summed E-state index contributed by atoms with van der Waals surface area (Å²) in [5.41, 5.74) is -0.225. The molecule has 4 aliphatic rings. The molecule has 128 valence electrons. The summed E-state index contributed by atoms with van der Waals surface area (Å²) in [7, 11) is 0. The zero-order valence-corrected chi connectivity index (χ0v) is 13.6. The lowest BCUT2D eigenvalue weighted by Gasteiger charge is -2.54. The number of allylic oxidation sites excluding steroid dienone is 2. The number of fused-ring (bicyclic) bond motifs is 5. The monoisotopic (exact) mass is 326 g/mol. The maximum absolute atomic E-state index is 13.1. The molecular weight excluding hydrogens is 301 g/mol. The topological polar surface area (TPSA) is 17.1 Å². The number of hydrogen-bond acceptors (Lipinski definition) is 1. The van der Waals surface area contributed by atoms with E-state index in [1.165, 1.54) is 0 Å². The van der Waals surface area contributed by atoms with Gasteiger partial charge in [-0.2, -0.15) is 13.2 Å². The normalized spacial score (nSPS) is 49.5. The van der Waals surface area contributed by atoms with Gasteiger partial charge in [-0.1, -0.05) is 13.0 Å². The fourth-order valence-electron chi connectivity index (χ4n) is 6.42. The third-order valence-corrected chi connectivity index (χ3v) is 7.69. The molecule has 4 heteroatoms. The van der Waals surface area contributed by atoms with Gasteiger partial charge in [0.1, 0.15) is 0 Å². The van der Waals surface area contributed by atoms with Crippen molar-refractivity contribution in [3.8, 4) is 0 Å². The van der Waals surface area contributed by atoms with Crippen LogP contribution >= 0.6 is 0 Å². The molecule has 0 saturated heterocycles. The first-order chi connectivity index (χ1) is 10.8. The maximum Gasteiger partial charge on any atom is 0.391 e. The molecule has 0 spiro atoms. The Balaban J connectivity index is 1.53. The third-order valence-electron chi connectivity index (χ3n) is 7.69. The molecule has 0 N–H and O–H groups in total. The largest absolute Gasteiger partial charge is 0.391 e. The van der Waals surface area contributed by atoms with Crippen LogP contribution < -0.4 is 0 Å². The van der Waals surface area contributed by atoms with E-state index >= 15 is 0 Å². The SMILES string of the molecule is CC12CCC3[C@@H](CCC4CC(C(F)(F)F)CC[C@@H]43)C1C=CC2=O. The third kappa shape index (κ3) is 2.31. The van der Waals surface area contributed by atoms with E-state index in [4.69, 9.17) is 0 Å². The summed E-state index contributed by atoms with van der Waals surface area (Å²) < 4.78 is 39.2. The summed E-state index contributed by atoms with van der Waals surface area (Å²) in [6.07, 6.45) is 5.12. The average Bonchev–Trinajstić information content (AvgIpc) is 2.81. The van der Waals surface area contributed by atoms with Gasteiger partial charge < -0.3 is 0 Å². The summed E-state index contributed by atoms with van der Waals surface area (Å²) in [6.45, 7) is 2.10. The van der Waals surface area contributed by atoms with Crippen molar-refractivity contribution in [1.82, 2.24) is 0 Å². The molecule has 3 fully saturated rings. The van der Waals surface area contributed by atoms with Crippen molar-refractivity contribution < 1.29 is 18.0 Å². The first-order valence-corrected chi connectivity index (χ1v) is 9.10. The fraction of sp³-hybridized carbons (Fsp3) is 0.842. The van der Waals surface area contributed by atoms with Gasteiger partial charge in [-0.25, -0.2) is 0 Å². The number of hydrogen-bond donors (Lipinski definition) is 0. The molecule has 4 aliphatic carbocycles. The smallest absolute Gasteiger partial charge is 0.294 e. The second kappa shape index (κ2) is 5.10. The Morgan fingerprint density at radius 3 is 2.52 bits per heavy atom. The van der Waals surface area contributed by atoms with E-state index < -0.39 is 12.1 Å². The molecule has 5 unspecified atom stereocenters. The van der Waals surface area contributed by atoms with Crippen molar-refractivity contribution in [2.24, 2.45) is 40.9 Å². The van der Waals surface area contributed by atoms with Crippen molar-refractivity contribution in [2.75, 3.05) is 0 Å². The van der Waals surface area contributed by atoms with Crippen LogP contribution in [0.25, 0.3) is 0 Å². The summed E-state index contributed by atoms with van der Waals surface area (Å²) in [5.74, 6) is 1.28. The lowest BCUT2D eigenvalue weighted by atomic mass is 9.50. The lowest BCUT2D eigenvalue weighted by Crippen LogP contribution is -2.49. The van der Waals surface area contributed by atoms with Gasteiger partial charge in [0, 0.05) is 5.41 Å². The molecule has 7 atom stereocenters. The molecule has 4 rings (SSSR count). The van der Waals surface area contributed by atoms with E-state index in [-0.39, 0.29) is 17.1 Å². The second-order valence-corrected chi connectivity index (χ2v) is 8.59. The highest BCUT2D eigenvalue weighted by molar-refractivity contribution is 5.97. The van der Waals surface area contributed by atoms with Gasteiger partial charge in [0.25, 0.3) is 0 Å². The lowest BCUT2D eigenvalue weighted by molar-refractivity contribution is -0.195. The van der Waals surface area contributed by atoms with Crippen LogP contribution in [0, 0.1) is 40.9 Å². The van der Waals surface area contributed by atoms with Crippen LogP contribution in [0.15, 0.2) is 12.2 Å². The zero-order chi connectivity index (χ0) is 16.4. The quantitative estimate of drug-likeness (QED) is 0.601. The van der Waals surface area contributed by atoms with E-state index in [0.717, 1.165) is 32.1 Å². The number of carbonyl (C=O) groups is 1. The number of rotatable bonds is 0. The Bertz CT molecular complexity index is 537. The predicted octanol–water partition coefficient (Wildman–Crippen LogP) is 5.16. The highest BCUT2D eigenvalue weighted by Crippen LogP contribution is 2.60. The van der Waals surface area contributed by atoms with Gasteiger partial charge in [-0.05, 0) is 80.6 Å². The average molecular weight is 326 g/mol. The van der Waals surface area contributed by atoms with Gasteiger partial charge in [0.15, 0.2) is 5.78 Å². The molecule has 0 aliphatic heterocycles. The van der Waals surface area contributed by atoms with Crippen molar-refractivity contribution in [2.45, 2.75) is 58.0 Å². The summed E-state index contributed by atoms with van der Waals surface area (Å²) >= 11 is 0. The predicted molar refractivity (Wildman–Crippen MR) is 81.6 cm³/mol. The molecule has 1 nitrogen and oxygen atoms in total. The van der Waals surface area contributed by atoms with Crippen LogP contribution in [-0.2, 0) is 4.79 Å². The summed E-state index contributed by atoms with van der Waals surface area (Å²) in [6, 6.07) is 0. The minimum absolute atomic E-state index is 0.225. The minimum atomic E-state index is -4.02. The molecule has 0 bridgehead atoms. The summed E-state index contributed by atoms with van der Waals surface area (Å²) in [4.78, 5) is 12.2. The van der Waals surface area contributed by atoms with E-state index in [1.807, 2.05) is 0 Å². The van der Waals surface area contributed by atoms with E-state index in [2.05, 4.69) is 13.0 Å². The van der Waals surface area contributed by atoms with Crippen LogP contribution in [0.4, 0.5) is 13.2 Å². The van der Waals surface area contributed by atoms with Crippen molar-refractivity contribution in [1.29, 1.82) is 0 Å². The molecule has 0 radical (unpaired) electrons. The van der Waals surface area contributed by atoms with Crippen LogP contribution in [0.5, 0.6) is 0 Å². The molecule has 0 aromatic heterocycles. The first kappa shape index (κ1) is 15.7. The number of alkyl halides is 3. The Morgan fingerprint density at radius 1 is 1.04 bits per heavy atom. The number of ketones is 1. The minimum Gasteiger partial charge on any atom is -0.294 e. The maximum atomic E-state index is 13.1. The van der Waals surface area contributed by atoms with Crippen LogP contribution in [-0.4, -0.2) is 12.0 Å². The van der Waals surface area contributed by atoms with Crippen LogP contribution in [0.1, 0.15) is 51.9 Å². The van der Waals surface area contributed by atoms with Crippen LogP contribution in [0.2, 0.25) is 0 Å². The molecule has 0 amide bonds. The van der Waals surface area contributed by atoms with Crippen LogP contribution in [0.3, 0.4) is 0 Å². The molecule has 23 heavy (non-hydrogen) atoms. The van der Waals surface area contributed by atoms with Crippen molar-refractivity contribution >= 4 is 5.78 Å². The van der Waals surface area contributed by atoms with Gasteiger partial charge in [0.2, 0.25) is 0 Å². The Morgan fingerprint density at radius 2 is 1.78 bits per heavy atom. The van der Waals surface area contributed by atoms with Gasteiger partial charge in [0.05, 0.1) is 5.92 Å². The van der Waals surface area contributed by atoms with E-state index in [0.29, 0.717) is 36.5 Å². The number of halogens is 3. The fourth-order valence-corrected chi connectivity index (χ4v) is 6.42. The zero-order valence-electron chi connectivity index (χ0n) is 13.6. The van der Waals surface area contributed by atoms with Gasteiger partial charge in [-0.15, -0.1) is 0 Å². The van der Waals surface area contributed by atoms with Gasteiger partial charge >= 0.3 is 6.18 Å².